The molecule has 98 valence electrons. The summed E-state index contributed by atoms with van der Waals surface area (Å²) < 4.78 is 7.33. The number of nitrogens with one attached hydrogen (secondary N) is 1. The van der Waals surface area contributed by atoms with Crippen molar-refractivity contribution in [3.8, 4) is 0 Å². The minimum absolute atomic E-state index is 0.758. The molecule has 0 aliphatic carbocycles. The van der Waals surface area contributed by atoms with Gasteiger partial charge in [-0.3, -0.25) is 0 Å². The average Bonchev–Trinajstić information content (AvgIpc) is 3.05. The molecular weight excluding hydrogens is 252 g/mol. The van der Waals surface area contributed by atoms with E-state index in [1.165, 1.54) is 6.39 Å². The normalized spacial score (nSPS) is 11.2. The first-order valence-corrected chi connectivity index (χ1v) is 6.33. The van der Waals surface area contributed by atoms with Gasteiger partial charge in [0.25, 0.3) is 0 Å². The number of imidazole rings is 1. The van der Waals surface area contributed by atoms with Crippen LogP contribution in [0.1, 0.15) is 0 Å². The molecule has 0 fully saturated rings. The van der Waals surface area contributed by atoms with Crippen molar-refractivity contribution >= 4 is 33.8 Å². The molecule has 2 aromatic heterocycles. The third-order valence-corrected chi connectivity index (χ3v) is 3.37. The van der Waals surface area contributed by atoms with Gasteiger partial charge in [-0.15, -0.1) is 0 Å². The van der Waals surface area contributed by atoms with Crippen molar-refractivity contribution in [2.75, 3.05) is 5.32 Å². The van der Waals surface area contributed by atoms with E-state index in [9.17, 15) is 0 Å². The van der Waals surface area contributed by atoms with E-state index < -0.39 is 0 Å². The maximum Gasteiger partial charge on any atom is 0.208 e. The van der Waals surface area contributed by atoms with Crippen LogP contribution in [0.3, 0.4) is 0 Å². The summed E-state index contributed by atoms with van der Waals surface area (Å²) in [4.78, 5) is 8.68. The third kappa shape index (κ3) is 1.64. The zero-order valence-electron chi connectivity index (χ0n) is 10.9. The van der Waals surface area contributed by atoms with Gasteiger partial charge in [0.15, 0.2) is 12.0 Å². The van der Waals surface area contributed by atoms with E-state index in [1.54, 1.807) is 0 Å². The number of fused-ring (bicyclic) bond motifs is 2. The van der Waals surface area contributed by atoms with Crippen LogP contribution in [0.15, 0.2) is 53.3 Å². The molecule has 0 bridgehead atoms. The summed E-state index contributed by atoms with van der Waals surface area (Å²) in [6.45, 7) is 0. The monoisotopic (exact) mass is 264 g/mol. The van der Waals surface area contributed by atoms with E-state index in [4.69, 9.17) is 4.42 Å². The van der Waals surface area contributed by atoms with Crippen LogP contribution in [-0.2, 0) is 7.05 Å². The minimum Gasteiger partial charge on any atom is -0.443 e. The molecule has 4 aromatic rings. The van der Waals surface area contributed by atoms with Gasteiger partial charge in [-0.2, -0.15) is 0 Å². The van der Waals surface area contributed by atoms with Crippen molar-refractivity contribution in [2.24, 2.45) is 7.05 Å². The van der Waals surface area contributed by atoms with Gasteiger partial charge in [0, 0.05) is 18.8 Å². The quantitative estimate of drug-likeness (QED) is 0.602. The fraction of sp³-hybridized carbons (Fsp3) is 0.0667. The van der Waals surface area contributed by atoms with E-state index >= 15 is 0 Å². The highest BCUT2D eigenvalue weighted by Gasteiger charge is 2.08. The van der Waals surface area contributed by atoms with Crippen LogP contribution in [-0.4, -0.2) is 14.5 Å². The van der Waals surface area contributed by atoms with Crippen LogP contribution in [0.5, 0.6) is 0 Å². The second-order valence-corrected chi connectivity index (χ2v) is 4.64. The molecule has 5 nitrogen and oxygen atoms in total. The number of aromatic nitrogens is 3. The van der Waals surface area contributed by atoms with E-state index in [0.717, 1.165) is 33.8 Å². The molecular formula is C15H12N4O. The zero-order valence-corrected chi connectivity index (χ0v) is 10.9. The summed E-state index contributed by atoms with van der Waals surface area (Å²) in [7, 11) is 1.99. The number of anilines is 2. The van der Waals surface area contributed by atoms with Crippen molar-refractivity contribution in [3.63, 3.8) is 0 Å². The molecule has 2 heterocycles. The van der Waals surface area contributed by atoms with Gasteiger partial charge in [-0.25, -0.2) is 9.97 Å². The molecule has 4 rings (SSSR count). The lowest BCUT2D eigenvalue weighted by molar-refractivity contribution is 0.602. The van der Waals surface area contributed by atoms with Crippen molar-refractivity contribution < 1.29 is 4.42 Å². The van der Waals surface area contributed by atoms with Crippen molar-refractivity contribution in [3.05, 3.63) is 48.9 Å². The molecule has 1 N–H and O–H groups in total. The maximum atomic E-state index is 5.31. The summed E-state index contributed by atoms with van der Waals surface area (Å²) in [6, 6.07) is 13.8. The fourth-order valence-electron chi connectivity index (χ4n) is 2.32. The highest BCUT2D eigenvalue weighted by atomic mass is 16.3. The topological polar surface area (TPSA) is 55.9 Å². The number of aryl methyl sites for hydroxylation is 1. The molecule has 0 aliphatic heterocycles. The van der Waals surface area contributed by atoms with E-state index in [0.29, 0.717) is 0 Å². The smallest absolute Gasteiger partial charge is 0.208 e. The van der Waals surface area contributed by atoms with Gasteiger partial charge in [-0.1, -0.05) is 12.1 Å². The van der Waals surface area contributed by atoms with E-state index in [1.807, 2.05) is 54.1 Å². The zero-order chi connectivity index (χ0) is 13.5. The molecule has 0 saturated heterocycles. The average molecular weight is 264 g/mol. The Morgan fingerprint density at radius 1 is 1.10 bits per heavy atom. The second kappa shape index (κ2) is 4.09. The number of nitrogens with zero attached hydrogens (tertiary/aromatic N) is 3. The molecule has 0 radical (unpaired) electrons. The third-order valence-electron chi connectivity index (χ3n) is 3.37. The Kier molecular flexibility index (Phi) is 2.26. The Balaban J connectivity index is 1.77. The van der Waals surface area contributed by atoms with Crippen LogP contribution in [0, 0.1) is 0 Å². The van der Waals surface area contributed by atoms with Crippen LogP contribution in [0.4, 0.5) is 11.6 Å². The lowest BCUT2D eigenvalue weighted by atomic mass is 10.3. The summed E-state index contributed by atoms with van der Waals surface area (Å²) >= 11 is 0. The maximum absolute atomic E-state index is 5.31. The summed E-state index contributed by atoms with van der Waals surface area (Å²) in [5, 5.41) is 3.31. The number of hydrogen-bond donors (Lipinski definition) is 1. The van der Waals surface area contributed by atoms with E-state index in [2.05, 4.69) is 15.3 Å². The number of benzene rings is 2. The Hall–Kier alpha value is -2.82. The van der Waals surface area contributed by atoms with Crippen LogP contribution < -0.4 is 5.32 Å². The molecule has 0 saturated carbocycles. The molecule has 0 atom stereocenters. The lowest BCUT2D eigenvalue weighted by Crippen LogP contribution is -1.98. The highest BCUT2D eigenvalue weighted by molar-refractivity contribution is 5.81. The van der Waals surface area contributed by atoms with Crippen molar-refractivity contribution in [1.82, 2.24) is 14.5 Å². The Bertz CT molecular complexity index is 906. The van der Waals surface area contributed by atoms with Crippen molar-refractivity contribution in [2.45, 2.75) is 0 Å². The predicted octanol–water partition coefficient (Wildman–Crippen LogP) is 3.46. The van der Waals surface area contributed by atoms with Gasteiger partial charge in [0.2, 0.25) is 5.95 Å². The van der Waals surface area contributed by atoms with Gasteiger partial charge >= 0.3 is 0 Å². The van der Waals surface area contributed by atoms with Gasteiger partial charge < -0.3 is 14.3 Å². The lowest BCUT2D eigenvalue weighted by Gasteiger charge is -2.05. The molecule has 0 aliphatic rings. The van der Waals surface area contributed by atoms with Crippen LogP contribution >= 0.6 is 0 Å². The van der Waals surface area contributed by atoms with Gasteiger partial charge in [0.05, 0.1) is 11.0 Å². The Morgan fingerprint density at radius 2 is 2.00 bits per heavy atom. The minimum atomic E-state index is 0.758. The predicted molar refractivity (Wildman–Crippen MR) is 78.0 cm³/mol. The van der Waals surface area contributed by atoms with E-state index in [-0.39, 0.29) is 0 Å². The van der Waals surface area contributed by atoms with Gasteiger partial charge in [0.1, 0.15) is 5.52 Å². The fourth-order valence-corrected chi connectivity index (χ4v) is 2.32. The number of oxazole rings is 1. The van der Waals surface area contributed by atoms with Crippen molar-refractivity contribution in [1.29, 1.82) is 0 Å². The number of rotatable bonds is 2. The molecule has 2 aromatic carbocycles. The number of para-hydroxylation sites is 2. The first-order chi connectivity index (χ1) is 9.81. The summed E-state index contributed by atoms with van der Waals surface area (Å²) in [5.74, 6) is 0.796. The Morgan fingerprint density at radius 3 is 2.90 bits per heavy atom. The van der Waals surface area contributed by atoms with Crippen LogP contribution in [0.2, 0.25) is 0 Å². The molecule has 0 spiro atoms. The first-order valence-electron chi connectivity index (χ1n) is 6.33. The largest absolute Gasteiger partial charge is 0.443 e. The molecule has 0 amide bonds. The summed E-state index contributed by atoms with van der Waals surface area (Å²) in [6.07, 6.45) is 1.45. The van der Waals surface area contributed by atoms with Crippen LogP contribution in [0.25, 0.3) is 22.1 Å². The standard InChI is InChI=1S/C15H12N4O/c1-19-13-5-3-2-4-11(13)18-15(19)17-10-6-7-12-14(8-10)20-9-16-12/h2-9H,1H3,(H,17,18). The molecule has 0 unspecified atom stereocenters. The summed E-state index contributed by atoms with van der Waals surface area (Å²) in [5.41, 5.74) is 4.59. The van der Waals surface area contributed by atoms with Gasteiger partial charge in [-0.05, 0) is 24.3 Å². The highest BCUT2D eigenvalue weighted by Crippen LogP contribution is 2.23. The number of hydrogen-bond acceptors (Lipinski definition) is 4. The second-order valence-electron chi connectivity index (χ2n) is 4.64. The first kappa shape index (κ1) is 11.0. The molecule has 20 heavy (non-hydrogen) atoms. The molecule has 5 heteroatoms. The Labute approximate surface area is 114 Å². The SMILES string of the molecule is Cn1c(Nc2ccc3ncoc3c2)nc2ccccc21.